The minimum absolute atomic E-state index is 0.250. The van der Waals surface area contributed by atoms with Gasteiger partial charge in [0.1, 0.15) is 5.01 Å². The van der Waals surface area contributed by atoms with Crippen molar-refractivity contribution in [2.75, 3.05) is 0 Å². The number of thiazole rings is 1. The van der Waals surface area contributed by atoms with E-state index in [2.05, 4.69) is 29.5 Å². The zero-order chi connectivity index (χ0) is 10.5. The van der Waals surface area contributed by atoms with Gasteiger partial charge in [-0.2, -0.15) is 0 Å². The molecule has 1 heterocycles. The van der Waals surface area contributed by atoms with Crippen LogP contribution in [0.2, 0.25) is 0 Å². The third-order valence-corrected chi connectivity index (χ3v) is 4.64. The average molecular weight is 222 g/mol. The summed E-state index contributed by atoms with van der Waals surface area (Å²) in [4.78, 5) is 4.68. The summed E-state index contributed by atoms with van der Waals surface area (Å²) in [6.07, 6.45) is 5.27. The van der Waals surface area contributed by atoms with Crippen molar-refractivity contribution in [3.05, 3.63) is 16.1 Å². The Bertz CT molecular complexity index is 361. The SMILES string of the molecule is Cc1csc(C2(NC3CC3)CC(C)C2)n1. The second-order valence-electron chi connectivity index (χ2n) is 5.31. The predicted molar refractivity (Wildman–Crippen MR) is 63.1 cm³/mol. The van der Waals surface area contributed by atoms with Crippen LogP contribution in [0, 0.1) is 12.8 Å². The van der Waals surface area contributed by atoms with E-state index in [1.54, 1.807) is 0 Å². The van der Waals surface area contributed by atoms with Gasteiger partial charge in [0.2, 0.25) is 0 Å². The standard InChI is InChI=1S/C12H18N2S/c1-8-5-12(6-8,14-10-3-4-10)11-13-9(2)7-15-11/h7-8,10,14H,3-6H2,1-2H3. The summed E-state index contributed by atoms with van der Waals surface area (Å²) in [6.45, 7) is 4.43. The Hall–Kier alpha value is -0.410. The number of nitrogens with one attached hydrogen (secondary N) is 1. The molecule has 0 spiro atoms. The fourth-order valence-electron chi connectivity index (χ4n) is 2.68. The van der Waals surface area contributed by atoms with E-state index in [4.69, 9.17) is 0 Å². The van der Waals surface area contributed by atoms with Crippen LogP contribution in [-0.4, -0.2) is 11.0 Å². The Labute approximate surface area is 95.1 Å². The van der Waals surface area contributed by atoms with E-state index in [-0.39, 0.29) is 5.54 Å². The summed E-state index contributed by atoms with van der Waals surface area (Å²) in [6, 6.07) is 0.779. The van der Waals surface area contributed by atoms with Crippen molar-refractivity contribution in [2.45, 2.75) is 51.1 Å². The second-order valence-corrected chi connectivity index (χ2v) is 6.17. The number of nitrogens with zero attached hydrogens (tertiary/aromatic N) is 1. The van der Waals surface area contributed by atoms with Gasteiger partial charge in [0.05, 0.1) is 5.54 Å². The summed E-state index contributed by atoms with van der Waals surface area (Å²) in [5, 5.41) is 7.31. The first-order valence-electron chi connectivity index (χ1n) is 5.88. The molecule has 0 aromatic carbocycles. The highest BCUT2D eigenvalue weighted by Gasteiger charge is 2.48. The quantitative estimate of drug-likeness (QED) is 0.850. The van der Waals surface area contributed by atoms with Gasteiger partial charge in [0.25, 0.3) is 0 Å². The lowest BCUT2D eigenvalue weighted by Crippen LogP contribution is -2.52. The van der Waals surface area contributed by atoms with E-state index in [9.17, 15) is 0 Å². The molecular weight excluding hydrogens is 204 g/mol. The molecule has 82 valence electrons. The third kappa shape index (κ3) is 1.72. The lowest BCUT2D eigenvalue weighted by molar-refractivity contribution is 0.112. The Kier molecular flexibility index (Phi) is 2.15. The van der Waals surface area contributed by atoms with E-state index < -0.39 is 0 Å². The monoisotopic (exact) mass is 222 g/mol. The van der Waals surface area contributed by atoms with Crippen LogP contribution in [0.4, 0.5) is 0 Å². The smallest absolute Gasteiger partial charge is 0.113 e. The van der Waals surface area contributed by atoms with E-state index in [1.807, 2.05) is 11.3 Å². The van der Waals surface area contributed by atoms with Crippen LogP contribution in [0.3, 0.4) is 0 Å². The summed E-state index contributed by atoms with van der Waals surface area (Å²) < 4.78 is 0. The van der Waals surface area contributed by atoms with Crippen molar-refractivity contribution < 1.29 is 0 Å². The average Bonchev–Trinajstić information content (AvgIpc) is 2.84. The van der Waals surface area contributed by atoms with Crippen LogP contribution in [0.1, 0.15) is 43.3 Å². The Balaban J connectivity index is 1.83. The zero-order valence-electron chi connectivity index (χ0n) is 9.42. The maximum absolute atomic E-state index is 4.68. The van der Waals surface area contributed by atoms with Gasteiger partial charge < -0.3 is 5.32 Å². The maximum Gasteiger partial charge on any atom is 0.113 e. The molecule has 3 rings (SSSR count). The van der Waals surface area contributed by atoms with Crippen LogP contribution >= 0.6 is 11.3 Å². The number of aromatic nitrogens is 1. The van der Waals surface area contributed by atoms with E-state index in [1.165, 1.54) is 36.4 Å². The van der Waals surface area contributed by atoms with Gasteiger partial charge in [0.15, 0.2) is 0 Å². The van der Waals surface area contributed by atoms with Crippen molar-refractivity contribution in [1.29, 1.82) is 0 Å². The largest absolute Gasteiger partial charge is 0.303 e. The molecule has 15 heavy (non-hydrogen) atoms. The summed E-state index contributed by atoms with van der Waals surface area (Å²) in [7, 11) is 0. The lowest BCUT2D eigenvalue weighted by atomic mass is 9.69. The molecule has 0 unspecified atom stereocenters. The van der Waals surface area contributed by atoms with Gasteiger partial charge in [-0.05, 0) is 38.5 Å². The molecule has 0 amide bonds. The molecule has 2 nitrogen and oxygen atoms in total. The van der Waals surface area contributed by atoms with Gasteiger partial charge in [0, 0.05) is 17.1 Å². The molecule has 0 atom stereocenters. The maximum atomic E-state index is 4.68. The number of aryl methyl sites for hydroxylation is 1. The van der Waals surface area contributed by atoms with Crippen molar-refractivity contribution in [2.24, 2.45) is 5.92 Å². The van der Waals surface area contributed by atoms with Crippen LogP contribution in [-0.2, 0) is 5.54 Å². The van der Waals surface area contributed by atoms with Crippen LogP contribution in [0.5, 0.6) is 0 Å². The fraction of sp³-hybridized carbons (Fsp3) is 0.750. The molecule has 1 aromatic rings. The van der Waals surface area contributed by atoms with Gasteiger partial charge in [-0.25, -0.2) is 4.98 Å². The molecular formula is C12H18N2S. The van der Waals surface area contributed by atoms with Crippen LogP contribution in [0.25, 0.3) is 0 Å². The fourth-order valence-corrected chi connectivity index (χ4v) is 3.66. The van der Waals surface area contributed by atoms with Gasteiger partial charge in [-0.3, -0.25) is 0 Å². The molecule has 3 heteroatoms. The first kappa shape index (κ1) is 9.79. The Morgan fingerprint density at radius 1 is 1.47 bits per heavy atom. The molecule has 1 N–H and O–H groups in total. The minimum Gasteiger partial charge on any atom is -0.303 e. The summed E-state index contributed by atoms with van der Waals surface area (Å²) in [5.41, 5.74) is 1.42. The zero-order valence-corrected chi connectivity index (χ0v) is 10.2. The highest BCUT2D eigenvalue weighted by molar-refractivity contribution is 7.09. The van der Waals surface area contributed by atoms with E-state index in [0.717, 1.165) is 12.0 Å². The molecule has 2 fully saturated rings. The van der Waals surface area contributed by atoms with Gasteiger partial charge in [-0.15, -0.1) is 11.3 Å². The molecule has 2 aliphatic rings. The Morgan fingerprint density at radius 2 is 2.20 bits per heavy atom. The molecule has 0 aliphatic heterocycles. The molecule has 0 saturated heterocycles. The van der Waals surface area contributed by atoms with E-state index >= 15 is 0 Å². The highest BCUT2D eigenvalue weighted by atomic mass is 32.1. The molecule has 2 aliphatic carbocycles. The highest BCUT2D eigenvalue weighted by Crippen LogP contribution is 2.48. The third-order valence-electron chi connectivity index (χ3n) is 3.48. The van der Waals surface area contributed by atoms with Crippen LogP contribution in [0.15, 0.2) is 5.38 Å². The van der Waals surface area contributed by atoms with Gasteiger partial charge in [-0.1, -0.05) is 6.92 Å². The number of hydrogen-bond donors (Lipinski definition) is 1. The second kappa shape index (κ2) is 3.29. The predicted octanol–water partition coefficient (Wildman–Crippen LogP) is 2.83. The van der Waals surface area contributed by atoms with Crippen molar-refractivity contribution in [3.8, 4) is 0 Å². The van der Waals surface area contributed by atoms with Gasteiger partial charge >= 0.3 is 0 Å². The first-order chi connectivity index (χ1) is 7.18. The normalized spacial score (nSPS) is 35.2. The summed E-state index contributed by atoms with van der Waals surface area (Å²) in [5.74, 6) is 0.862. The molecule has 0 bridgehead atoms. The first-order valence-corrected chi connectivity index (χ1v) is 6.76. The minimum atomic E-state index is 0.250. The topological polar surface area (TPSA) is 24.9 Å². The van der Waals surface area contributed by atoms with E-state index in [0.29, 0.717) is 0 Å². The lowest BCUT2D eigenvalue weighted by Gasteiger charge is -2.46. The summed E-state index contributed by atoms with van der Waals surface area (Å²) >= 11 is 1.83. The number of rotatable bonds is 3. The Morgan fingerprint density at radius 3 is 2.67 bits per heavy atom. The van der Waals surface area contributed by atoms with Crippen molar-refractivity contribution in [1.82, 2.24) is 10.3 Å². The number of hydrogen-bond acceptors (Lipinski definition) is 3. The van der Waals surface area contributed by atoms with Crippen molar-refractivity contribution in [3.63, 3.8) is 0 Å². The molecule has 0 radical (unpaired) electrons. The van der Waals surface area contributed by atoms with Crippen LogP contribution < -0.4 is 5.32 Å². The van der Waals surface area contributed by atoms with Crippen molar-refractivity contribution >= 4 is 11.3 Å². The molecule has 2 saturated carbocycles. The molecule has 1 aromatic heterocycles.